The number of likely N-dealkylation sites (N-methyl/N-ethyl adjacent to an activating group) is 1. The van der Waals surface area contributed by atoms with Crippen LogP contribution in [0.15, 0.2) is 6.33 Å². The fourth-order valence-corrected chi connectivity index (χ4v) is 2.80. The van der Waals surface area contributed by atoms with Gasteiger partial charge in [0.15, 0.2) is 0 Å². The molecule has 0 spiro atoms. The summed E-state index contributed by atoms with van der Waals surface area (Å²) in [5, 5.41) is 7.88. The normalized spacial score (nSPS) is 16.0. The van der Waals surface area contributed by atoms with Crippen molar-refractivity contribution in [2.24, 2.45) is 0 Å². The Kier molecular flexibility index (Phi) is 3.10. The van der Waals surface area contributed by atoms with Crippen molar-refractivity contribution in [3.05, 3.63) is 17.6 Å². The number of aromatic nitrogens is 4. The van der Waals surface area contributed by atoms with E-state index in [9.17, 15) is 0 Å². The van der Waals surface area contributed by atoms with E-state index in [1.54, 1.807) is 6.33 Å². The first-order valence-electron chi connectivity index (χ1n) is 6.78. The van der Waals surface area contributed by atoms with E-state index < -0.39 is 0 Å². The molecule has 0 saturated carbocycles. The molecule has 0 amide bonds. The minimum absolute atomic E-state index is 0.356. The van der Waals surface area contributed by atoms with E-state index in [4.69, 9.17) is 0 Å². The summed E-state index contributed by atoms with van der Waals surface area (Å²) in [5.74, 6) is 1.77. The molecule has 1 aliphatic carbocycles. The van der Waals surface area contributed by atoms with E-state index in [-0.39, 0.29) is 0 Å². The highest BCUT2D eigenvalue weighted by Gasteiger charge is 2.21. The molecule has 0 unspecified atom stereocenters. The Morgan fingerprint density at radius 2 is 2.26 bits per heavy atom. The lowest BCUT2D eigenvalue weighted by Gasteiger charge is -2.21. The Morgan fingerprint density at radius 3 is 3.05 bits per heavy atom. The molecule has 0 aromatic carbocycles. The molecule has 0 fully saturated rings. The predicted molar refractivity (Wildman–Crippen MR) is 74.4 cm³/mol. The van der Waals surface area contributed by atoms with Gasteiger partial charge in [-0.2, -0.15) is 14.6 Å². The number of hydrogen-bond donors (Lipinski definition) is 1. The highest BCUT2D eigenvalue weighted by molar-refractivity contribution is 5.54. The zero-order chi connectivity index (χ0) is 13.4. The molecule has 2 aromatic rings. The Labute approximate surface area is 112 Å². The van der Waals surface area contributed by atoms with Gasteiger partial charge in [-0.25, -0.2) is 4.98 Å². The number of aryl methyl sites for hydroxylation is 1. The lowest BCUT2D eigenvalue weighted by molar-refractivity contribution is 0.391. The fourth-order valence-electron chi connectivity index (χ4n) is 2.80. The van der Waals surface area contributed by atoms with Crippen molar-refractivity contribution >= 4 is 11.6 Å². The first kappa shape index (κ1) is 12.3. The maximum absolute atomic E-state index is 4.58. The van der Waals surface area contributed by atoms with Crippen LogP contribution in [0.5, 0.6) is 0 Å². The average Bonchev–Trinajstić information content (AvgIpc) is 2.94. The van der Waals surface area contributed by atoms with Gasteiger partial charge in [-0.05, 0) is 40.3 Å². The van der Waals surface area contributed by atoms with E-state index in [0.29, 0.717) is 11.8 Å². The minimum atomic E-state index is 0.356. The van der Waals surface area contributed by atoms with Gasteiger partial charge in [0.1, 0.15) is 12.1 Å². The van der Waals surface area contributed by atoms with Crippen LogP contribution in [0.1, 0.15) is 24.6 Å². The van der Waals surface area contributed by atoms with Gasteiger partial charge in [0.25, 0.3) is 5.78 Å². The molecule has 102 valence electrons. The molecule has 6 heteroatoms. The van der Waals surface area contributed by atoms with E-state index in [0.717, 1.165) is 25.2 Å². The fraction of sp³-hybridized carbons (Fsp3) is 0.615. The van der Waals surface area contributed by atoms with Gasteiger partial charge < -0.3 is 10.2 Å². The van der Waals surface area contributed by atoms with Crippen molar-refractivity contribution < 1.29 is 0 Å². The quantitative estimate of drug-likeness (QED) is 0.888. The Morgan fingerprint density at radius 1 is 1.42 bits per heavy atom. The third-order valence-electron chi connectivity index (χ3n) is 3.47. The number of nitrogens with one attached hydrogen (secondary N) is 1. The lowest BCUT2D eigenvalue weighted by Crippen LogP contribution is -2.31. The summed E-state index contributed by atoms with van der Waals surface area (Å²) in [6.07, 6.45) is 4.87. The lowest BCUT2D eigenvalue weighted by atomic mass is 10.2. The average molecular weight is 260 g/mol. The zero-order valence-electron chi connectivity index (χ0n) is 11.7. The molecular weight excluding hydrogens is 240 g/mol. The summed E-state index contributed by atoms with van der Waals surface area (Å²) >= 11 is 0. The van der Waals surface area contributed by atoms with Crippen LogP contribution in [0.4, 0.5) is 5.82 Å². The second-order valence-electron chi connectivity index (χ2n) is 5.52. The molecule has 19 heavy (non-hydrogen) atoms. The highest BCUT2D eigenvalue weighted by Crippen LogP contribution is 2.28. The number of rotatable bonds is 4. The monoisotopic (exact) mass is 260 g/mol. The standard InChI is InChI=1S/C13H20N6/c1-9(7-18(2)3)16-12-10-5-4-6-11(10)17-13-14-8-15-19(12)13/h8-9,16H,4-7H2,1-3H3/t9-/m1/s1. The number of nitrogens with zero attached hydrogens (tertiary/aromatic N) is 5. The van der Waals surface area contributed by atoms with E-state index >= 15 is 0 Å². The van der Waals surface area contributed by atoms with Crippen molar-refractivity contribution in [1.29, 1.82) is 0 Å². The molecule has 2 aromatic heterocycles. The van der Waals surface area contributed by atoms with Crippen LogP contribution in [-0.2, 0) is 12.8 Å². The summed E-state index contributed by atoms with van der Waals surface area (Å²) in [6.45, 7) is 3.16. The van der Waals surface area contributed by atoms with Crippen LogP contribution in [0.25, 0.3) is 5.78 Å². The van der Waals surface area contributed by atoms with Gasteiger partial charge >= 0.3 is 0 Å². The van der Waals surface area contributed by atoms with Crippen molar-refractivity contribution in [1.82, 2.24) is 24.5 Å². The molecule has 0 saturated heterocycles. The van der Waals surface area contributed by atoms with Crippen molar-refractivity contribution in [3.63, 3.8) is 0 Å². The molecule has 1 atom stereocenters. The molecule has 0 aliphatic heterocycles. The highest BCUT2D eigenvalue weighted by atomic mass is 15.4. The number of anilines is 1. The molecule has 0 radical (unpaired) electrons. The molecule has 1 N–H and O–H groups in total. The molecule has 3 rings (SSSR count). The summed E-state index contributed by atoms with van der Waals surface area (Å²) in [4.78, 5) is 11.0. The molecular formula is C13H20N6. The SMILES string of the molecule is C[C@H](CN(C)C)Nc1c2c(nc3ncnn13)CCC2. The van der Waals surface area contributed by atoms with Gasteiger partial charge in [0.2, 0.25) is 0 Å². The van der Waals surface area contributed by atoms with Gasteiger partial charge in [-0.15, -0.1) is 0 Å². The Bertz CT molecular complexity index is 588. The van der Waals surface area contributed by atoms with Crippen LogP contribution < -0.4 is 5.32 Å². The second kappa shape index (κ2) is 4.77. The van der Waals surface area contributed by atoms with E-state index in [1.165, 1.54) is 17.7 Å². The molecule has 2 heterocycles. The largest absolute Gasteiger partial charge is 0.366 e. The first-order chi connectivity index (χ1) is 9.15. The third-order valence-corrected chi connectivity index (χ3v) is 3.47. The topological polar surface area (TPSA) is 58.3 Å². The molecule has 0 bridgehead atoms. The van der Waals surface area contributed by atoms with Crippen LogP contribution in [0, 0.1) is 0 Å². The zero-order valence-corrected chi connectivity index (χ0v) is 11.7. The van der Waals surface area contributed by atoms with Gasteiger partial charge in [-0.3, -0.25) is 0 Å². The summed E-state index contributed by atoms with van der Waals surface area (Å²) in [7, 11) is 4.17. The van der Waals surface area contributed by atoms with Gasteiger partial charge in [0.05, 0.1) is 5.69 Å². The third kappa shape index (κ3) is 2.28. The first-order valence-corrected chi connectivity index (χ1v) is 6.78. The van der Waals surface area contributed by atoms with E-state index in [2.05, 4.69) is 46.3 Å². The van der Waals surface area contributed by atoms with E-state index in [1.807, 2.05) is 4.52 Å². The Balaban J connectivity index is 1.99. The molecule has 6 nitrogen and oxygen atoms in total. The van der Waals surface area contributed by atoms with Crippen LogP contribution >= 0.6 is 0 Å². The van der Waals surface area contributed by atoms with Crippen LogP contribution in [0.3, 0.4) is 0 Å². The maximum Gasteiger partial charge on any atom is 0.254 e. The summed E-state index contributed by atoms with van der Waals surface area (Å²) in [6, 6.07) is 0.356. The van der Waals surface area contributed by atoms with Crippen LogP contribution in [0.2, 0.25) is 0 Å². The van der Waals surface area contributed by atoms with Crippen molar-refractivity contribution in [2.75, 3.05) is 26.0 Å². The van der Waals surface area contributed by atoms with Crippen LogP contribution in [-0.4, -0.2) is 51.2 Å². The minimum Gasteiger partial charge on any atom is -0.366 e. The van der Waals surface area contributed by atoms with Gasteiger partial charge in [0, 0.05) is 18.2 Å². The maximum atomic E-state index is 4.58. The summed E-state index contributed by atoms with van der Waals surface area (Å²) in [5.41, 5.74) is 2.49. The number of hydrogen-bond acceptors (Lipinski definition) is 5. The number of fused-ring (bicyclic) bond motifs is 2. The smallest absolute Gasteiger partial charge is 0.254 e. The Hall–Kier alpha value is -1.69. The van der Waals surface area contributed by atoms with Gasteiger partial charge in [-0.1, -0.05) is 0 Å². The predicted octanol–water partition coefficient (Wildman–Crippen LogP) is 0.975. The molecule has 1 aliphatic rings. The van der Waals surface area contributed by atoms with Crippen molar-refractivity contribution in [3.8, 4) is 0 Å². The summed E-state index contributed by atoms with van der Waals surface area (Å²) < 4.78 is 1.83. The van der Waals surface area contributed by atoms with Crippen molar-refractivity contribution in [2.45, 2.75) is 32.2 Å². The second-order valence-corrected chi connectivity index (χ2v) is 5.52.